The summed E-state index contributed by atoms with van der Waals surface area (Å²) in [5, 5.41) is 3.60. The van der Waals surface area contributed by atoms with Gasteiger partial charge in [-0.05, 0) is 35.7 Å². The molecule has 25 heavy (non-hydrogen) atoms. The fraction of sp³-hybridized carbons (Fsp3) is 0.130. The highest BCUT2D eigenvalue weighted by atomic mass is 16.5. The number of hydrogen-bond acceptors (Lipinski definition) is 2. The third-order valence-electron chi connectivity index (χ3n) is 4.48. The van der Waals surface area contributed by atoms with E-state index in [0.29, 0.717) is 6.61 Å². The van der Waals surface area contributed by atoms with E-state index >= 15 is 0 Å². The van der Waals surface area contributed by atoms with Gasteiger partial charge in [-0.3, -0.25) is 0 Å². The Morgan fingerprint density at radius 3 is 2.60 bits per heavy atom. The van der Waals surface area contributed by atoms with Gasteiger partial charge in [-0.2, -0.15) is 0 Å². The second-order valence-corrected chi connectivity index (χ2v) is 6.38. The molecule has 0 saturated heterocycles. The molecule has 0 aromatic heterocycles. The minimum Gasteiger partial charge on any atom is -0.489 e. The molecule has 1 N–H and O–H groups in total. The van der Waals surface area contributed by atoms with Gasteiger partial charge in [-0.1, -0.05) is 72.8 Å². The van der Waals surface area contributed by atoms with Gasteiger partial charge in [-0.25, -0.2) is 0 Å². The van der Waals surface area contributed by atoms with E-state index in [-0.39, 0.29) is 6.04 Å². The molecule has 1 aliphatic rings. The van der Waals surface area contributed by atoms with Gasteiger partial charge in [0.2, 0.25) is 0 Å². The molecule has 1 aliphatic heterocycles. The molecule has 0 saturated carbocycles. The van der Waals surface area contributed by atoms with Crippen molar-refractivity contribution < 1.29 is 4.74 Å². The van der Waals surface area contributed by atoms with E-state index in [1.165, 1.54) is 16.7 Å². The average molecular weight is 327 g/mol. The van der Waals surface area contributed by atoms with Crippen molar-refractivity contribution in [2.75, 3.05) is 5.32 Å². The highest BCUT2D eigenvalue weighted by molar-refractivity contribution is 5.71. The van der Waals surface area contributed by atoms with Crippen LogP contribution >= 0.6 is 0 Å². The number of fused-ring (bicyclic) bond motifs is 1. The summed E-state index contributed by atoms with van der Waals surface area (Å²) >= 11 is 0. The highest BCUT2D eigenvalue weighted by Gasteiger charge is 2.18. The Balaban J connectivity index is 1.60. The Kier molecular flexibility index (Phi) is 4.26. The molecule has 1 atom stereocenters. The van der Waals surface area contributed by atoms with Gasteiger partial charge >= 0.3 is 0 Å². The van der Waals surface area contributed by atoms with Gasteiger partial charge in [0.05, 0.1) is 6.04 Å². The quantitative estimate of drug-likeness (QED) is 0.658. The van der Waals surface area contributed by atoms with Gasteiger partial charge in [0.1, 0.15) is 12.4 Å². The zero-order valence-corrected chi connectivity index (χ0v) is 14.3. The summed E-state index contributed by atoms with van der Waals surface area (Å²) in [4.78, 5) is 0. The molecule has 0 radical (unpaired) electrons. The Bertz CT molecular complexity index is 899. The van der Waals surface area contributed by atoms with Crippen LogP contribution < -0.4 is 10.1 Å². The molecule has 0 amide bonds. The van der Waals surface area contributed by atoms with E-state index in [4.69, 9.17) is 4.74 Å². The lowest BCUT2D eigenvalue weighted by atomic mass is 9.98. The second kappa shape index (κ2) is 6.86. The zero-order valence-electron chi connectivity index (χ0n) is 14.3. The van der Waals surface area contributed by atoms with Crippen LogP contribution in [-0.4, -0.2) is 0 Å². The van der Waals surface area contributed by atoms with Crippen LogP contribution in [0.5, 0.6) is 5.75 Å². The topological polar surface area (TPSA) is 21.3 Å². The van der Waals surface area contributed by atoms with E-state index in [1.54, 1.807) is 0 Å². The number of anilines is 1. The lowest BCUT2D eigenvalue weighted by molar-refractivity contribution is 0.302. The molecule has 4 rings (SSSR count). The van der Waals surface area contributed by atoms with Crippen LogP contribution in [0.25, 0.3) is 6.08 Å². The van der Waals surface area contributed by atoms with Crippen LogP contribution in [0, 0.1) is 6.92 Å². The zero-order chi connectivity index (χ0) is 17.1. The first-order valence-corrected chi connectivity index (χ1v) is 8.61. The molecule has 0 aliphatic carbocycles. The summed E-state index contributed by atoms with van der Waals surface area (Å²) in [6.45, 7) is 2.67. The van der Waals surface area contributed by atoms with Crippen molar-refractivity contribution in [3.05, 3.63) is 101 Å². The first kappa shape index (κ1) is 15.5. The SMILES string of the molecule is Cc1ccc(C2C=Cc3ccccc3N2)c(OCc2ccccc2)c1. The first-order valence-electron chi connectivity index (χ1n) is 8.61. The predicted octanol–water partition coefficient (Wildman–Crippen LogP) is 5.75. The standard InChI is InChI=1S/C23H21NO/c1-17-11-13-20(22-14-12-19-9-5-6-10-21(19)24-22)23(15-17)25-16-18-7-3-2-4-8-18/h2-15,22,24H,16H2,1H3. The fourth-order valence-electron chi connectivity index (χ4n) is 3.13. The Morgan fingerprint density at radius 1 is 0.920 bits per heavy atom. The molecule has 124 valence electrons. The lowest BCUT2D eigenvalue weighted by Gasteiger charge is -2.25. The van der Waals surface area contributed by atoms with Gasteiger partial charge < -0.3 is 10.1 Å². The number of para-hydroxylation sites is 1. The van der Waals surface area contributed by atoms with Gasteiger partial charge in [0.25, 0.3) is 0 Å². The summed E-state index contributed by atoms with van der Waals surface area (Å²) in [5.41, 5.74) is 5.91. The van der Waals surface area contributed by atoms with E-state index in [1.807, 2.05) is 18.2 Å². The van der Waals surface area contributed by atoms with Crippen LogP contribution in [0.1, 0.15) is 28.3 Å². The molecule has 0 spiro atoms. The Labute approximate surface area is 148 Å². The Morgan fingerprint density at radius 2 is 1.72 bits per heavy atom. The van der Waals surface area contributed by atoms with Crippen molar-refractivity contribution in [3.8, 4) is 5.75 Å². The molecule has 1 unspecified atom stereocenters. The molecule has 2 heteroatoms. The number of rotatable bonds is 4. The summed E-state index contributed by atoms with van der Waals surface area (Å²) in [6, 6.07) is 25.2. The minimum atomic E-state index is 0.112. The van der Waals surface area contributed by atoms with E-state index in [2.05, 4.69) is 79.0 Å². The van der Waals surface area contributed by atoms with Gasteiger partial charge in [-0.15, -0.1) is 0 Å². The van der Waals surface area contributed by atoms with E-state index in [0.717, 1.165) is 17.0 Å². The summed E-state index contributed by atoms with van der Waals surface area (Å²) in [7, 11) is 0. The maximum absolute atomic E-state index is 6.17. The highest BCUT2D eigenvalue weighted by Crippen LogP contribution is 2.35. The van der Waals surface area contributed by atoms with Gasteiger partial charge in [0, 0.05) is 11.3 Å². The molecule has 0 fully saturated rings. The summed E-state index contributed by atoms with van der Waals surface area (Å²) in [5.74, 6) is 0.936. The monoisotopic (exact) mass is 327 g/mol. The van der Waals surface area contributed by atoms with Crippen molar-refractivity contribution in [1.29, 1.82) is 0 Å². The van der Waals surface area contributed by atoms with Crippen LogP contribution in [0.15, 0.2) is 78.9 Å². The van der Waals surface area contributed by atoms with Crippen LogP contribution in [0.3, 0.4) is 0 Å². The second-order valence-electron chi connectivity index (χ2n) is 6.38. The Hall–Kier alpha value is -3.00. The number of aryl methyl sites for hydroxylation is 1. The van der Waals surface area contributed by atoms with Crippen molar-refractivity contribution in [1.82, 2.24) is 0 Å². The summed E-state index contributed by atoms with van der Waals surface area (Å²) < 4.78 is 6.17. The van der Waals surface area contributed by atoms with Crippen LogP contribution in [0.4, 0.5) is 5.69 Å². The smallest absolute Gasteiger partial charge is 0.125 e. The third kappa shape index (κ3) is 3.43. The number of nitrogens with one attached hydrogen (secondary N) is 1. The van der Waals surface area contributed by atoms with E-state index < -0.39 is 0 Å². The lowest BCUT2D eigenvalue weighted by Crippen LogP contribution is -2.13. The molecule has 3 aromatic carbocycles. The molecule has 1 heterocycles. The van der Waals surface area contributed by atoms with Crippen LogP contribution in [-0.2, 0) is 6.61 Å². The number of ether oxygens (including phenoxy) is 1. The fourth-order valence-corrected chi connectivity index (χ4v) is 3.13. The average Bonchev–Trinajstić information content (AvgIpc) is 2.67. The molecule has 3 aromatic rings. The maximum atomic E-state index is 6.17. The normalized spacial score (nSPS) is 15.3. The van der Waals surface area contributed by atoms with Crippen molar-refractivity contribution in [2.45, 2.75) is 19.6 Å². The number of hydrogen-bond donors (Lipinski definition) is 1. The largest absolute Gasteiger partial charge is 0.489 e. The minimum absolute atomic E-state index is 0.112. The molecule has 2 nitrogen and oxygen atoms in total. The van der Waals surface area contributed by atoms with Crippen molar-refractivity contribution >= 4 is 11.8 Å². The predicted molar refractivity (Wildman–Crippen MR) is 104 cm³/mol. The van der Waals surface area contributed by atoms with Crippen LogP contribution in [0.2, 0.25) is 0 Å². The van der Waals surface area contributed by atoms with Crippen molar-refractivity contribution in [2.24, 2.45) is 0 Å². The van der Waals surface area contributed by atoms with Gasteiger partial charge in [0.15, 0.2) is 0 Å². The third-order valence-corrected chi connectivity index (χ3v) is 4.48. The number of benzene rings is 3. The first-order chi connectivity index (χ1) is 12.3. The molecule has 0 bridgehead atoms. The molecular weight excluding hydrogens is 306 g/mol. The molecular formula is C23H21NO. The van der Waals surface area contributed by atoms with Crippen molar-refractivity contribution in [3.63, 3.8) is 0 Å². The summed E-state index contributed by atoms with van der Waals surface area (Å²) in [6.07, 6.45) is 4.37. The maximum Gasteiger partial charge on any atom is 0.125 e. The van der Waals surface area contributed by atoms with E-state index in [9.17, 15) is 0 Å².